The Labute approximate surface area is 102 Å². The van der Waals surface area contributed by atoms with E-state index in [0.717, 1.165) is 22.4 Å². The van der Waals surface area contributed by atoms with E-state index in [4.69, 9.17) is 12.2 Å². The fourth-order valence-corrected chi connectivity index (χ4v) is 1.78. The van der Waals surface area contributed by atoms with Gasteiger partial charge in [0.05, 0.1) is 11.0 Å². The molecule has 17 heavy (non-hydrogen) atoms. The second-order valence-electron chi connectivity index (χ2n) is 3.54. The molecule has 1 aromatic carbocycles. The lowest BCUT2D eigenvalue weighted by molar-refractivity contribution is 1.16. The van der Waals surface area contributed by atoms with Gasteiger partial charge in [-0.2, -0.15) is 0 Å². The van der Waals surface area contributed by atoms with Crippen LogP contribution in [0, 0.1) is 4.64 Å². The molecule has 3 rings (SSSR count). The lowest BCUT2D eigenvalue weighted by Crippen LogP contribution is -1.89. The molecule has 0 fully saturated rings. The lowest BCUT2D eigenvalue weighted by Gasteiger charge is -2.01. The summed E-state index contributed by atoms with van der Waals surface area (Å²) < 4.78 is 0.661. The van der Waals surface area contributed by atoms with Gasteiger partial charge in [-0.1, -0.05) is 12.2 Å². The summed E-state index contributed by atoms with van der Waals surface area (Å²) >= 11 is 5.07. The normalized spacial score (nSPS) is 10.6. The molecule has 0 aliphatic rings. The molecule has 0 bridgehead atoms. The Morgan fingerprint density at radius 1 is 0.882 bits per heavy atom. The van der Waals surface area contributed by atoms with Crippen molar-refractivity contribution in [3.05, 3.63) is 47.5 Å². The minimum Gasteiger partial charge on any atom is -0.331 e. The number of benzene rings is 1. The predicted octanol–water partition coefficient (Wildman–Crippen LogP) is 2.75. The molecule has 2 heterocycles. The van der Waals surface area contributed by atoms with Crippen LogP contribution in [0.1, 0.15) is 0 Å². The first-order valence-electron chi connectivity index (χ1n) is 5.09. The highest BCUT2D eigenvalue weighted by Crippen LogP contribution is 2.18. The number of nitrogens with one attached hydrogen (secondary N) is 1. The third-order valence-corrected chi connectivity index (χ3v) is 2.65. The number of H-pyrrole nitrogens is 1. The molecular formula is C12H8N4S. The Balaban J connectivity index is 2.21. The van der Waals surface area contributed by atoms with Crippen molar-refractivity contribution in [3.63, 3.8) is 0 Å². The van der Waals surface area contributed by atoms with Crippen molar-refractivity contribution >= 4 is 23.3 Å². The standard InChI is InChI=1S/C12H8N4S/c17-11-3-4-15-12(16-11)8-1-2-9-10(7-8)14-6-5-13-9/h1-7H,(H,15,16,17). The monoisotopic (exact) mass is 240 g/mol. The SMILES string of the molecule is S=c1ccnc(-c2ccc3nccnc3c2)[nH]1. The van der Waals surface area contributed by atoms with Crippen LogP contribution in [0.5, 0.6) is 0 Å². The molecule has 0 atom stereocenters. The number of hydrogen-bond acceptors (Lipinski definition) is 4. The zero-order chi connectivity index (χ0) is 11.7. The first-order chi connectivity index (χ1) is 8.33. The Morgan fingerprint density at radius 3 is 2.53 bits per heavy atom. The molecule has 0 amide bonds. The van der Waals surface area contributed by atoms with E-state index >= 15 is 0 Å². The highest BCUT2D eigenvalue weighted by Gasteiger charge is 2.01. The van der Waals surface area contributed by atoms with Crippen LogP contribution in [-0.2, 0) is 0 Å². The maximum absolute atomic E-state index is 5.07. The van der Waals surface area contributed by atoms with Gasteiger partial charge in [-0.3, -0.25) is 9.97 Å². The van der Waals surface area contributed by atoms with Crippen LogP contribution in [0.2, 0.25) is 0 Å². The van der Waals surface area contributed by atoms with Gasteiger partial charge in [0.2, 0.25) is 0 Å². The second-order valence-corrected chi connectivity index (χ2v) is 3.98. The summed E-state index contributed by atoms with van der Waals surface area (Å²) in [4.78, 5) is 15.8. The number of hydrogen-bond donors (Lipinski definition) is 1. The van der Waals surface area contributed by atoms with Crippen molar-refractivity contribution < 1.29 is 0 Å². The minimum atomic E-state index is 0.661. The minimum absolute atomic E-state index is 0.661. The summed E-state index contributed by atoms with van der Waals surface area (Å²) in [6.07, 6.45) is 5.04. The Morgan fingerprint density at radius 2 is 1.71 bits per heavy atom. The van der Waals surface area contributed by atoms with Crippen molar-refractivity contribution in [2.45, 2.75) is 0 Å². The van der Waals surface area contributed by atoms with Gasteiger partial charge in [-0.05, 0) is 24.3 Å². The van der Waals surface area contributed by atoms with Gasteiger partial charge in [0.1, 0.15) is 10.5 Å². The van der Waals surface area contributed by atoms with E-state index in [2.05, 4.69) is 19.9 Å². The molecule has 0 saturated heterocycles. The van der Waals surface area contributed by atoms with Crippen LogP contribution < -0.4 is 0 Å². The van der Waals surface area contributed by atoms with Crippen molar-refractivity contribution in [3.8, 4) is 11.4 Å². The van der Waals surface area contributed by atoms with Crippen LogP contribution in [-0.4, -0.2) is 19.9 Å². The van der Waals surface area contributed by atoms with E-state index in [0.29, 0.717) is 4.64 Å². The average molecular weight is 240 g/mol. The summed E-state index contributed by atoms with van der Waals surface area (Å²) in [5.74, 6) is 0.741. The molecule has 3 aromatic rings. The molecule has 1 N–H and O–H groups in total. The van der Waals surface area contributed by atoms with E-state index in [9.17, 15) is 0 Å². The smallest absolute Gasteiger partial charge is 0.138 e. The van der Waals surface area contributed by atoms with Gasteiger partial charge in [0.25, 0.3) is 0 Å². The molecule has 4 nitrogen and oxygen atoms in total. The van der Waals surface area contributed by atoms with Gasteiger partial charge in [-0.15, -0.1) is 0 Å². The molecule has 0 spiro atoms. The molecule has 0 aliphatic heterocycles. The van der Waals surface area contributed by atoms with E-state index in [1.807, 2.05) is 18.2 Å². The van der Waals surface area contributed by atoms with Crippen molar-refractivity contribution in [2.24, 2.45) is 0 Å². The quantitative estimate of drug-likeness (QED) is 0.664. The first-order valence-corrected chi connectivity index (χ1v) is 5.50. The number of aromatic nitrogens is 4. The topological polar surface area (TPSA) is 54.5 Å². The zero-order valence-corrected chi connectivity index (χ0v) is 9.61. The van der Waals surface area contributed by atoms with E-state index in [-0.39, 0.29) is 0 Å². The third kappa shape index (κ3) is 1.92. The van der Waals surface area contributed by atoms with Gasteiger partial charge in [-0.25, -0.2) is 4.98 Å². The summed E-state index contributed by atoms with van der Waals surface area (Å²) in [5.41, 5.74) is 2.66. The number of nitrogens with zero attached hydrogens (tertiary/aromatic N) is 3. The van der Waals surface area contributed by atoms with E-state index in [1.165, 1.54) is 0 Å². The van der Waals surface area contributed by atoms with Crippen LogP contribution in [0.15, 0.2) is 42.9 Å². The fourth-order valence-electron chi connectivity index (χ4n) is 1.63. The van der Waals surface area contributed by atoms with Crippen molar-refractivity contribution in [1.29, 1.82) is 0 Å². The first kappa shape index (κ1) is 10.0. The van der Waals surface area contributed by atoms with E-state index in [1.54, 1.807) is 24.7 Å². The van der Waals surface area contributed by atoms with Gasteiger partial charge in [0, 0.05) is 24.2 Å². The maximum Gasteiger partial charge on any atom is 0.138 e. The zero-order valence-electron chi connectivity index (χ0n) is 8.79. The largest absolute Gasteiger partial charge is 0.331 e. The van der Waals surface area contributed by atoms with E-state index < -0.39 is 0 Å². The predicted molar refractivity (Wildman–Crippen MR) is 68.0 cm³/mol. The van der Waals surface area contributed by atoms with Crippen LogP contribution in [0.25, 0.3) is 22.4 Å². The van der Waals surface area contributed by atoms with Crippen LogP contribution in [0.4, 0.5) is 0 Å². The van der Waals surface area contributed by atoms with Crippen molar-refractivity contribution in [1.82, 2.24) is 19.9 Å². The average Bonchev–Trinajstić information content (AvgIpc) is 2.38. The van der Waals surface area contributed by atoms with Crippen molar-refractivity contribution in [2.75, 3.05) is 0 Å². The number of rotatable bonds is 1. The Bertz CT molecular complexity index is 735. The Hall–Kier alpha value is -2.14. The van der Waals surface area contributed by atoms with Gasteiger partial charge >= 0.3 is 0 Å². The second kappa shape index (κ2) is 4.03. The summed E-state index contributed by atoms with van der Waals surface area (Å²) in [7, 11) is 0. The molecule has 82 valence electrons. The maximum atomic E-state index is 5.07. The van der Waals surface area contributed by atoms with Gasteiger partial charge < -0.3 is 4.98 Å². The molecule has 0 saturated carbocycles. The molecule has 5 heteroatoms. The third-order valence-electron chi connectivity index (χ3n) is 2.41. The Kier molecular flexibility index (Phi) is 2.38. The molecule has 2 aromatic heterocycles. The van der Waals surface area contributed by atoms with Crippen LogP contribution in [0.3, 0.4) is 0 Å². The lowest BCUT2D eigenvalue weighted by atomic mass is 10.2. The summed E-state index contributed by atoms with van der Waals surface area (Å²) in [5, 5.41) is 0. The van der Waals surface area contributed by atoms with Gasteiger partial charge in [0.15, 0.2) is 0 Å². The summed E-state index contributed by atoms with van der Waals surface area (Å²) in [6.45, 7) is 0. The highest BCUT2D eigenvalue weighted by molar-refractivity contribution is 7.71. The molecule has 0 radical (unpaired) electrons. The molecule has 0 aliphatic carbocycles. The number of aromatic amines is 1. The summed E-state index contributed by atoms with van der Waals surface area (Å²) in [6, 6.07) is 7.56. The highest BCUT2D eigenvalue weighted by atomic mass is 32.1. The number of fused-ring (bicyclic) bond motifs is 1. The van der Waals surface area contributed by atoms with Crippen LogP contribution >= 0.6 is 12.2 Å². The fraction of sp³-hybridized carbons (Fsp3) is 0. The molecule has 0 unspecified atom stereocenters. The molecular weight excluding hydrogens is 232 g/mol.